The lowest BCUT2D eigenvalue weighted by molar-refractivity contribution is 0.134. The van der Waals surface area contributed by atoms with E-state index in [4.69, 9.17) is 4.74 Å². The fourth-order valence-electron chi connectivity index (χ4n) is 2.77. The summed E-state index contributed by atoms with van der Waals surface area (Å²) in [7, 11) is 0. The summed E-state index contributed by atoms with van der Waals surface area (Å²) in [6.07, 6.45) is 1.28. The molecule has 27 heavy (non-hydrogen) atoms. The van der Waals surface area contributed by atoms with E-state index >= 15 is 0 Å². The topological polar surface area (TPSA) is 50.4 Å². The minimum absolute atomic E-state index is 0.186. The van der Waals surface area contributed by atoms with Gasteiger partial charge in [0.15, 0.2) is 0 Å². The third-order valence-electron chi connectivity index (χ3n) is 4.19. The van der Waals surface area contributed by atoms with Crippen molar-refractivity contribution in [1.82, 2.24) is 5.32 Å². The lowest BCUT2D eigenvalue weighted by Crippen LogP contribution is -2.28. The number of benzene rings is 2. The van der Waals surface area contributed by atoms with Crippen LogP contribution in [0.4, 0.5) is 10.5 Å². The predicted octanol–water partition coefficient (Wildman–Crippen LogP) is 5.41. The van der Waals surface area contributed by atoms with Crippen molar-refractivity contribution in [2.24, 2.45) is 0 Å². The SMILES string of the molecule is CCOCc1ccc(CNC(=O)Nc2cccc(C3SCCCS3)c2)cc1. The van der Waals surface area contributed by atoms with Crippen LogP contribution >= 0.6 is 23.5 Å². The molecule has 0 unspecified atom stereocenters. The molecule has 1 fully saturated rings. The summed E-state index contributed by atoms with van der Waals surface area (Å²) in [4.78, 5) is 12.2. The van der Waals surface area contributed by atoms with Crippen LogP contribution in [0.15, 0.2) is 48.5 Å². The third-order valence-corrected chi connectivity index (χ3v) is 7.21. The van der Waals surface area contributed by atoms with Crippen molar-refractivity contribution in [3.63, 3.8) is 0 Å². The van der Waals surface area contributed by atoms with Gasteiger partial charge < -0.3 is 15.4 Å². The van der Waals surface area contributed by atoms with Gasteiger partial charge >= 0.3 is 6.03 Å². The zero-order valence-corrected chi connectivity index (χ0v) is 17.2. The summed E-state index contributed by atoms with van der Waals surface area (Å²) < 4.78 is 5.87. The van der Waals surface area contributed by atoms with E-state index in [0.717, 1.165) is 16.8 Å². The maximum Gasteiger partial charge on any atom is 0.319 e. The molecule has 0 saturated carbocycles. The van der Waals surface area contributed by atoms with Gasteiger partial charge in [0.05, 0.1) is 11.2 Å². The van der Waals surface area contributed by atoms with Gasteiger partial charge in [-0.1, -0.05) is 36.4 Å². The molecule has 0 bridgehead atoms. The average molecular weight is 403 g/mol. The van der Waals surface area contributed by atoms with Crippen LogP contribution in [0.25, 0.3) is 0 Å². The first kappa shape index (κ1) is 20.1. The number of thioether (sulfide) groups is 2. The Morgan fingerprint density at radius 1 is 1.11 bits per heavy atom. The Bertz CT molecular complexity index is 731. The number of nitrogens with one attached hydrogen (secondary N) is 2. The minimum atomic E-state index is -0.186. The van der Waals surface area contributed by atoms with Crippen molar-refractivity contribution in [2.75, 3.05) is 23.4 Å². The van der Waals surface area contributed by atoms with Gasteiger partial charge in [0, 0.05) is 18.8 Å². The van der Waals surface area contributed by atoms with E-state index in [0.29, 0.717) is 24.3 Å². The van der Waals surface area contributed by atoms with Crippen LogP contribution in [0.2, 0.25) is 0 Å². The van der Waals surface area contributed by atoms with E-state index in [1.165, 1.54) is 23.5 Å². The summed E-state index contributed by atoms with van der Waals surface area (Å²) in [5.74, 6) is 2.42. The van der Waals surface area contributed by atoms with Crippen molar-refractivity contribution < 1.29 is 9.53 Å². The molecule has 0 atom stereocenters. The molecule has 144 valence electrons. The monoisotopic (exact) mass is 402 g/mol. The number of ether oxygens (including phenoxy) is 1. The van der Waals surface area contributed by atoms with E-state index in [1.807, 2.05) is 66.8 Å². The second-order valence-electron chi connectivity index (χ2n) is 6.31. The average Bonchev–Trinajstić information content (AvgIpc) is 2.72. The lowest BCUT2D eigenvalue weighted by Gasteiger charge is -2.21. The number of carbonyl (C=O) groups excluding carboxylic acids is 1. The van der Waals surface area contributed by atoms with Crippen LogP contribution < -0.4 is 10.6 Å². The summed E-state index contributed by atoms with van der Waals surface area (Å²) in [5.41, 5.74) is 4.31. The Morgan fingerprint density at radius 2 is 1.85 bits per heavy atom. The number of anilines is 1. The Morgan fingerprint density at radius 3 is 2.59 bits per heavy atom. The molecule has 0 spiro atoms. The molecule has 3 rings (SSSR count). The zero-order chi connectivity index (χ0) is 18.9. The quantitative estimate of drug-likeness (QED) is 0.650. The van der Waals surface area contributed by atoms with Gasteiger partial charge in [-0.05, 0) is 53.7 Å². The van der Waals surface area contributed by atoms with Crippen LogP contribution in [-0.4, -0.2) is 24.1 Å². The van der Waals surface area contributed by atoms with Gasteiger partial charge in [-0.25, -0.2) is 4.79 Å². The van der Waals surface area contributed by atoms with E-state index in [-0.39, 0.29) is 6.03 Å². The number of amides is 2. The highest BCUT2D eigenvalue weighted by molar-refractivity contribution is 8.16. The maximum absolute atomic E-state index is 12.2. The first-order valence-electron chi connectivity index (χ1n) is 9.28. The maximum atomic E-state index is 12.2. The first-order valence-corrected chi connectivity index (χ1v) is 11.4. The molecule has 2 aromatic carbocycles. The molecule has 1 aliphatic heterocycles. The fourth-order valence-corrected chi connectivity index (χ4v) is 5.65. The van der Waals surface area contributed by atoms with E-state index in [1.54, 1.807) is 0 Å². The molecule has 4 nitrogen and oxygen atoms in total. The molecule has 2 aromatic rings. The van der Waals surface area contributed by atoms with E-state index in [9.17, 15) is 4.79 Å². The molecule has 0 aliphatic carbocycles. The molecule has 2 amide bonds. The highest BCUT2D eigenvalue weighted by Gasteiger charge is 2.16. The van der Waals surface area contributed by atoms with Gasteiger partial charge in [0.25, 0.3) is 0 Å². The van der Waals surface area contributed by atoms with Gasteiger partial charge in [0.2, 0.25) is 0 Å². The van der Waals surface area contributed by atoms with Crippen LogP contribution in [0, 0.1) is 0 Å². The Balaban J connectivity index is 1.49. The van der Waals surface area contributed by atoms with Crippen LogP contribution in [-0.2, 0) is 17.9 Å². The van der Waals surface area contributed by atoms with E-state index in [2.05, 4.69) is 22.8 Å². The Hall–Kier alpha value is -1.63. The number of hydrogen-bond acceptors (Lipinski definition) is 4. The number of rotatable bonds is 7. The first-order chi connectivity index (χ1) is 13.2. The van der Waals surface area contributed by atoms with Gasteiger partial charge in [-0.3, -0.25) is 0 Å². The zero-order valence-electron chi connectivity index (χ0n) is 15.6. The fraction of sp³-hybridized carbons (Fsp3) is 0.381. The second-order valence-corrected chi connectivity index (χ2v) is 9.04. The molecular formula is C21H26N2O2S2. The van der Waals surface area contributed by atoms with Crippen LogP contribution in [0.1, 0.15) is 34.6 Å². The number of hydrogen-bond donors (Lipinski definition) is 2. The minimum Gasteiger partial charge on any atom is -0.377 e. The molecule has 0 aromatic heterocycles. The molecule has 0 radical (unpaired) electrons. The molecule has 6 heteroatoms. The molecule has 2 N–H and O–H groups in total. The predicted molar refractivity (Wildman–Crippen MR) is 116 cm³/mol. The summed E-state index contributed by atoms with van der Waals surface area (Å²) in [6.45, 7) is 3.82. The highest BCUT2D eigenvalue weighted by atomic mass is 32.2. The van der Waals surface area contributed by atoms with Crippen LogP contribution in [0.3, 0.4) is 0 Å². The van der Waals surface area contributed by atoms with Crippen molar-refractivity contribution in [3.8, 4) is 0 Å². The normalized spacial score (nSPS) is 14.7. The van der Waals surface area contributed by atoms with Crippen molar-refractivity contribution in [3.05, 3.63) is 65.2 Å². The Kier molecular flexibility index (Phi) is 7.93. The van der Waals surface area contributed by atoms with Crippen molar-refractivity contribution in [1.29, 1.82) is 0 Å². The number of urea groups is 1. The Labute approximate surface area is 169 Å². The summed E-state index contributed by atoms with van der Waals surface area (Å²) in [6, 6.07) is 16.1. The summed E-state index contributed by atoms with van der Waals surface area (Å²) in [5, 5.41) is 5.86. The third kappa shape index (κ3) is 6.48. The van der Waals surface area contributed by atoms with Crippen molar-refractivity contribution >= 4 is 35.2 Å². The number of carbonyl (C=O) groups is 1. The van der Waals surface area contributed by atoms with Gasteiger partial charge in [0.1, 0.15) is 0 Å². The molecule has 1 aliphatic rings. The molecular weight excluding hydrogens is 376 g/mol. The summed E-state index contributed by atoms with van der Waals surface area (Å²) >= 11 is 3.97. The second kappa shape index (κ2) is 10.6. The van der Waals surface area contributed by atoms with E-state index < -0.39 is 0 Å². The molecule has 1 heterocycles. The smallest absolute Gasteiger partial charge is 0.319 e. The van der Waals surface area contributed by atoms with Crippen LogP contribution in [0.5, 0.6) is 0 Å². The highest BCUT2D eigenvalue weighted by Crippen LogP contribution is 2.43. The van der Waals surface area contributed by atoms with Crippen molar-refractivity contribution in [2.45, 2.75) is 31.1 Å². The lowest BCUT2D eigenvalue weighted by atomic mass is 10.1. The van der Waals surface area contributed by atoms with Gasteiger partial charge in [-0.15, -0.1) is 23.5 Å². The largest absolute Gasteiger partial charge is 0.377 e. The van der Waals surface area contributed by atoms with Gasteiger partial charge in [-0.2, -0.15) is 0 Å². The molecule has 1 saturated heterocycles. The standard InChI is InChI=1S/C21H26N2O2S2/c1-2-25-15-17-9-7-16(8-10-17)14-22-21(24)23-19-6-3-5-18(13-19)20-26-11-4-12-27-20/h3,5-10,13,20H,2,4,11-12,14-15H2,1H3,(H2,22,23,24).